The fourth-order valence-corrected chi connectivity index (χ4v) is 3.78. The van der Waals surface area contributed by atoms with Crippen LogP contribution in [0.15, 0.2) is 0 Å². The van der Waals surface area contributed by atoms with Crippen LogP contribution in [0.5, 0.6) is 0 Å². The molecule has 3 fully saturated rings. The second-order valence-electron chi connectivity index (χ2n) is 6.50. The van der Waals surface area contributed by atoms with Gasteiger partial charge in [-0.1, -0.05) is 12.8 Å². The molecule has 0 atom stereocenters. The number of hydrogen-bond acceptors (Lipinski definition) is 4. The van der Waals surface area contributed by atoms with E-state index in [0.717, 1.165) is 58.3 Å². The van der Waals surface area contributed by atoms with E-state index in [4.69, 9.17) is 14.2 Å². The first-order valence-electron chi connectivity index (χ1n) is 8.44. The van der Waals surface area contributed by atoms with E-state index >= 15 is 0 Å². The third-order valence-corrected chi connectivity index (χ3v) is 5.12. The monoisotopic (exact) mass is 283 g/mol. The molecule has 0 bridgehead atoms. The molecule has 1 spiro atoms. The molecule has 0 unspecified atom stereocenters. The number of unbranched alkanes of at least 4 members (excludes halogenated alkanes) is 1. The number of ether oxygens (including phenoxy) is 3. The molecule has 20 heavy (non-hydrogen) atoms. The number of morpholine rings is 1. The lowest BCUT2D eigenvalue weighted by Crippen LogP contribution is -2.37. The van der Waals surface area contributed by atoms with Crippen molar-refractivity contribution in [3.63, 3.8) is 0 Å². The van der Waals surface area contributed by atoms with E-state index in [1.54, 1.807) is 0 Å². The van der Waals surface area contributed by atoms with Gasteiger partial charge in [0.15, 0.2) is 5.79 Å². The predicted octanol–water partition coefficient (Wildman–Crippen LogP) is 2.42. The predicted molar refractivity (Wildman–Crippen MR) is 77.7 cm³/mol. The molecule has 3 rings (SSSR count). The van der Waals surface area contributed by atoms with Gasteiger partial charge in [-0.05, 0) is 31.7 Å². The van der Waals surface area contributed by atoms with Gasteiger partial charge in [0.1, 0.15) is 0 Å². The van der Waals surface area contributed by atoms with Crippen LogP contribution in [-0.4, -0.2) is 56.7 Å². The summed E-state index contributed by atoms with van der Waals surface area (Å²) in [6, 6.07) is 0. The molecule has 2 aliphatic heterocycles. The summed E-state index contributed by atoms with van der Waals surface area (Å²) in [5.41, 5.74) is 0. The summed E-state index contributed by atoms with van der Waals surface area (Å²) in [4.78, 5) is 2.54. The molecule has 0 amide bonds. The summed E-state index contributed by atoms with van der Waals surface area (Å²) in [5, 5.41) is 0. The van der Waals surface area contributed by atoms with E-state index in [0.29, 0.717) is 0 Å². The van der Waals surface area contributed by atoms with Crippen molar-refractivity contribution in [3.05, 3.63) is 0 Å². The molecule has 0 aromatic rings. The highest BCUT2D eigenvalue weighted by Crippen LogP contribution is 2.39. The fraction of sp³-hybridized carbons (Fsp3) is 1.00. The molecular weight excluding hydrogens is 254 g/mol. The normalized spacial score (nSPS) is 28.2. The average molecular weight is 283 g/mol. The molecule has 116 valence electrons. The van der Waals surface area contributed by atoms with E-state index < -0.39 is 0 Å². The zero-order valence-corrected chi connectivity index (χ0v) is 12.6. The van der Waals surface area contributed by atoms with Crippen molar-refractivity contribution in [2.24, 2.45) is 5.92 Å². The van der Waals surface area contributed by atoms with Crippen molar-refractivity contribution in [3.8, 4) is 0 Å². The van der Waals surface area contributed by atoms with Crippen LogP contribution in [-0.2, 0) is 14.2 Å². The van der Waals surface area contributed by atoms with Gasteiger partial charge in [0.2, 0.25) is 0 Å². The Labute approximate surface area is 122 Å². The van der Waals surface area contributed by atoms with E-state index in [9.17, 15) is 0 Å². The standard InChI is InChI=1S/C16H29NO3/c1(2-8-17-9-11-18-12-10-17)3-15-4-6-16(7-5-15)19-13-14-20-16/h15H,1-14H2. The lowest BCUT2D eigenvalue weighted by Gasteiger charge is -2.35. The molecule has 1 aliphatic carbocycles. The Balaban J connectivity index is 1.26. The van der Waals surface area contributed by atoms with E-state index in [-0.39, 0.29) is 5.79 Å². The summed E-state index contributed by atoms with van der Waals surface area (Å²) in [6.45, 7) is 6.94. The Bertz CT molecular complexity index is 275. The number of hydrogen-bond donors (Lipinski definition) is 0. The molecule has 0 aromatic carbocycles. The van der Waals surface area contributed by atoms with E-state index in [2.05, 4.69) is 4.90 Å². The number of rotatable bonds is 5. The first kappa shape index (κ1) is 14.8. The summed E-state index contributed by atoms with van der Waals surface area (Å²) in [5.74, 6) is 0.725. The van der Waals surface area contributed by atoms with Gasteiger partial charge in [-0.25, -0.2) is 0 Å². The lowest BCUT2D eigenvalue weighted by molar-refractivity contribution is -0.182. The second-order valence-corrected chi connectivity index (χ2v) is 6.50. The zero-order valence-electron chi connectivity index (χ0n) is 12.6. The van der Waals surface area contributed by atoms with Crippen molar-refractivity contribution >= 4 is 0 Å². The summed E-state index contributed by atoms with van der Waals surface area (Å²) >= 11 is 0. The molecule has 4 heteroatoms. The van der Waals surface area contributed by atoms with Crippen molar-refractivity contribution in [1.29, 1.82) is 0 Å². The Kier molecular flexibility index (Phi) is 5.32. The molecule has 0 N–H and O–H groups in total. The molecule has 1 saturated carbocycles. The van der Waals surface area contributed by atoms with Gasteiger partial charge in [0.05, 0.1) is 26.4 Å². The van der Waals surface area contributed by atoms with Crippen molar-refractivity contribution in [2.75, 3.05) is 46.1 Å². The van der Waals surface area contributed by atoms with Crippen molar-refractivity contribution < 1.29 is 14.2 Å². The quantitative estimate of drug-likeness (QED) is 0.725. The maximum atomic E-state index is 5.79. The van der Waals surface area contributed by atoms with Crippen LogP contribution in [0.4, 0.5) is 0 Å². The maximum absolute atomic E-state index is 5.79. The molecule has 0 radical (unpaired) electrons. The molecular formula is C16H29NO3. The first-order chi connectivity index (χ1) is 9.86. The van der Waals surface area contributed by atoms with Crippen LogP contribution in [0, 0.1) is 5.92 Å². The number of nitrogens with zero attached hydrogens (tertiary/aromatic N) is 1. The SMILES string of the molecule is C(CCN1CCOCC1)CC1CCC2(CC1)OCCO2. The zero-order chi connectivity index (χ0) is 13.7. The highest BCUT2D eigenvalue weighted by molar-refractivity contribution is 4.82. The van der Waals surface area contributed by atoms with Gasteiger partial charge in [0.25, 0.3) is 0 Å². The second kappa shape index (κ2) is 7.21. The summed E-state index contributed by atoms with van der Waals surface area (Å²) < 4.78 is 17.0. The Morgan fingerprint density at radius 1 is 0.900 bits per heavy atom. The summed E-state index contributed by atoms with van der Waals surface area (Å²) in [6.07, 6.45) is 8.91. The van der Waals surface area contributed by atoms with E-state index in [1.165, 1.54) is 38.6 Å². The minimum absolute atomic E-state index is 0.176. The Hall–Kier alpha value is -0.160. The maximum Gasteiger partial charge on any atom is 0.168 e. The van der Waals surface area contributed by atoms with Gasteiger partial charge in [-0.15, -0.1) is 0 Å². The Morgan fingerprint density at radius 2 is 1.60 bits per heavy atom. The topological polar surface area (TPSA) is 30.9 Å². The van der Waals surface area contributed by atoms with Crippen LogP contribution >= 0.6 is 0 Å². The minimum atomic E-state index is -0.176. The first-order valence-corrected chi connectivity index (χ1v) is 8.44. The highest BCUT2D eigenvalue weighted by Gasteiger charge is 2.39. The molecule has 0 aromatic heterocycles. The fourth-order valence-electron chi connectivity index (χ4n) is 3.78. The van der Waals surface area contributed by atoms with Crippen LogP contribution < -0.4 is 0 Å². The smallest absolute Gasteiger partial charge is 0.168 e. The summed E-state index contributed by atoms with van der Waals surface area (Å²) in [7, 11) is 0. The molecule has 4 nitrogen and oxygen atoms in total. The van der Waals surface area contributed by atoms with Crippen molar-refractivity contribution in [1.82, 2.24) is 4.90 Å². The highest BCUT2D eigenvalue weighted by atomic mass is 16.7. The minimum Gasteiger partial charge on any atom is -0.379 e. The van der Waals surface area contributed by atoms with Crippen LogP contribution in [0.2, 0.25) is 0 Å². The average Bonchev–Trinajstić information content (AvgIpc) is 2.95. The Morgan fingerprint density at radius 3 is 2.30 bits per heavy atom. The lowest BCUT2D eigenvalue weighted by atomic mass is 9.82. The molecule has 3 aliphatic rings. The van der Waals surface area contributed by atoms with Gasteiger partial charge >= 0.3 is 0 Å². The van der Waals surface area contributed by atoms with Crippen LogP contribution in [0.25, 0.3) is 0 Å². The van der Waals surface area contributed by atoms with Crippen molar-refractivity contribution in [2.45, 2.75) is 50.7 Å². The van der Waals surface area contributed by atoms with Crippen LogP contribution in [0.3, 0.4) is 0 Å². The van der Waals surface area contributed by atoms with Crippen LogP contribution in [0.1, 0.15) is 44.9 Å². The third-order valence-electron chi connectivity index (χ3n) is 5.12. The van der Waals surface area contributed by atoms with Gasteiger partial charge in [0, 0.05) is 25.9 Å². The molecule has 2 heterocycles. The van der Waals surface area contributed by atoms with Gasteiger partial charge in [-0.2, -0.15) is 0 Å². The third kappa shape index (κ3) is 3.94. The van der Waals surface area contributed by atoms with Gasteiger partial charge < -0.3 is 14.2 Å². The largest absolute Gasteiger partial charge is 0.379 e. The van der Waals surface area contributed by atoms with E-state index in [1.807, 2.05) is 0 Å². The van der Waals surface area contributed by atoms with Gasteiger partial charge in [-0.3, -0.25) is 4.90 Å². The molecule has 2 saturated heterocycles.